The van der Waals surface area contributed by atoms with Crippen LogP contribution in [0.2, 0.25) is 0 Å². The maximum absolute atomic E-state index is 12.3. The van der Waals surface area contributed by atoms with Gasteiger partial charge in [0, 0.05) is 6.07 Å². The zero-order valence-electron chi connectivity index (χ0n) is 11.4. The normalized spacial score (nSPS) is 11.1. The second-order valence-electron chi connectivity index (χ2n) is 4.95. The van der Waals surface area contributed by atoms with E-state index in [4.69, 9.17) is 0 Å². The predicted octanol–water partition coefficient (Wildman–Crippen LogP) is 2.12. The molecular formula is C17H10N3O2. The third-order valence-corrected chi connectivity index (χ3v) is 3.68. The first-order valence-corrected chi connectivity index (χ1v) is 6.77. The number of benzene rings is 2. The van der Waals surface area contributed by atoms with Crippen molar-refractivity contribution in [1.29, 1.82) is 0 Å². The lowest BCUT2D eigenvalue weighted by Gasteiger charge is -2.08. The highest BCUT2D eigenvalue weighted by Gasteiger charge is 2.24. The molecule has 2 heterocycles. The van der Waals surface area contributed by atoms with Crippen molar-refractivity contribution in [3.8, 4) is 11.4 Å². The van der Waals surface area contributed by atoms with Crippen molar-refractivity contribution in [2.45, 2.75) is 0 Å². The summed E-state index contributed by atoms with van der Waals surface area (Å²) < 4.78 is 1.36. The van der Waals surface area contributed by atoms with Crippen LogP contribution in [0.4, 0.5) is 0 Å². The first-order chi connectivity index (χ1) is 10.8. The number of pyridine rings is 1. The van der Waals surface area contributed by atoms with Gasteiger partial charge in [-0.15, -0.1) is 0 Å². The second kappa shape index (κ2) is 4.66. The van der Waals surface area contributed by atoms with E-state index in [-0.39, 0.29) is 0 Å². The molecule has 0 fully saturated rings. The number of rotatable bonds is 1. The van der Waals surface area contributed by atoms with Crippen molar-refractivity contribution < 1.29 is 9.46 Å². The molecule has 0 atom stereocenters. The van der Waals surface area contributed by atoms with Crippen LogP contribution in [0.5, 0.6) is 0 Å². The Kier molecular flexibility index (Phi) is 2.66. The second-order valence-corrected chi connectivity index (χ2v) is 4.95. The van der Waals surface area contributed by atoms with Crippen LogP contribution < -0.4 is 9.46 Å². The van der Waals surface area contributed by atoms with Gasteiger partial charge in [0.1, 0.15) is 5.52 Å². The molecular weight excluding hydrogens is 278 g/mol. The van der Waals surface area contributed by atoms with Gasteiger partial charge < -0.3 is 10.4 Å². The summed E-state index contributed by atoms with van der Waals surface area (Å²) in [5.74, 6) is 0. The van der Waals surface area contributed by atoms with Crippen molar-refractivity contribution >= 4 is 21.7 Å². The fraction of sp³-hybridized carbons (Fsp3) is 0. The first kappa shape index (κ1) is 12.5. The lowest BCUT2D eigenvalue weighted by Crippen LogP contribution is -2.32. The van der Waals surface area contributed by atoms with Gasteiger partial charge >= 0.3 is 6.33 Å². The van der Waals surface area contributed by atoms with E-state index in [1.807, 2.05) is 30.3 Å². The summed E-state index contributed by atoms with van der Waals surface area (Å²) in [7, 11) is 0. The van der Waals surface area contributed by atoms with E-state index in [9.17, 15) is 10.4 Å². The number of hydrogen-bond donors (Lipinski definition) is 0. The summed E-state index contributed by atoms with van der Waals surface area (Å²) in [5, 5.41) is 26.5. The van der Waals surface area contributed by atoms with Crippen molar-refractivity contribution in [1.82, 2.24) is 4.98 Å². The van der Waals surface area contributed by atoms with Gasteiger partial charge in [0.05, 0.1) is 10.8 Å². The summed E-state index contributed by atoms with van der Waals surface area (Å²) in [6.07, 6.45) is 3.84. The highest BCUT2D eigenvalue weighted by Crippen LogP contribution is 2.27. The van der Waals surface area contributed by atoms with Crippen molar-refractivity contribution in [3.05, 3.63) is 77.5 Å². The molecule has 5 heteroatoms. The fourth-order valence-corrected chi connectivity index (χ4v) is 2.67. The SMILES string of the molecule is [O-][n+]1ccc2ccccc2c1-c1n[c][n+]([O-])c2ccccc12. The van der Waals surface area contributed by atoms with Crippen LogP contribution in [0.15, 0.2) is 60.8 Å². The Morgan fingerprint density at radius 2 is 1.59 bits per heavy atom. The van der Waals surface area contributed by atoms with Gasteiger partial charge in [0.2, 0.25) is 0 Å². The highest BCUT2D eigenvalue weighted by molar-refractivity contribution is 5.99. The van der Waals surface area contributed by atoms with E-state index in [1.165, 1.54) is 6.20 Å². The average molecular weight is 288 g/mol. The Hall–Kier alpha value is -3.21. The zero-order chi connectivity index (χ0) is 15.1. The molecule has 4 rings (SSSR count). The number of hydrogen-bond acceptors (Lipinski definition) is 3. The Morgan fingerprint density at radius 1 is 0.864 bits per heavy atom. The van der Waals surface area contributed by atoms with Crippen LogP contribution in [0.25, 0.3) is 33.1 Å². The van der Waals surface area contributed by atoms with E-state index >= 15 is 0 Å². The Balaban J connectivity index is 2.17. The molecule has 5 nitrogen and oxygen atoms in total. The van der Waals surface area contributed by atoms with Crippen LogP contribution in [0, 0.1) is 16.7 Å². The topological polar surface area (TPSA) is 66.8 Å². The molecule has 2 aromatic heterocycles. The quantitative estimate of drug-likeness (QED) is 0.398. The first-order valence-electron chi connectivity index (χ1n) is 6.77. The molecule has 0 unspecified atom stereocenters. The minimum Gasteiger partial charge on any atom is -0.710 e. The van der Waals surface area contributed by atoms with Gasteiger partial charge in [0.25, 0.3) is 11.4 Å². The molecule has 4 aromatic rings. The molecule has 0 aliphatic heterocycles. The molecule has 0 aliphatic rings. The third-order valence-electron chi connectivity index (χ3n) is 3.68. The van der Waals surface area contributed by atoms with Gasteiger partial charge in [-0.25, -0.2) is 4.73 Å². The summed E-state index contributed by atoms with van der Waals surface area (Å²) >= 11 is 0. The zero-order valence-corrected chi connectivity index (χ0v) is 11.4. The predicted molar refractivity (Wildman–Crippen MR) is 81.4 cm³/mol. The van der Waals surface area contributed by atoms with Crippen molar-refractivity contribution in [3.63, 3.8) is 0 Å². The summed E-state index contributed by atoms with van der Waals surface area (Å²) in [6.45, 7) is 0. The largest absolute Gasteiger partial charge is 0.710 e. The number of nitrogens with zero attached hydrogens (tertiary/aromatic N) is 3. The lowest BCUT2D eigenvalue weighted by atomic mass is 10.0. The minimum atomic E-state index is 0.422. The summed E-state index contributed by atoms with van der Waals surface area (Å²) in [5.41, 5.74) is 1.31. The van der Waals surface area contributed by atoms with E-state index in [0.717, 1.165) is 15.5 Å². The van der Waals surface area contributed by atoms with Gasteiger partial charge in [-0.1, -0.05) is 30.3 Å². The number of fused-ring (bicyclic) bond motifs is 2. The smallest absolute Gasteiger partial charge is 0.423 e. The molecule has 1 radical (unpaired) electrons. The van der Waals surface area contributed by atoms with E-state index in [1.54, 1.807) is 24.3 Å². The molecule has 0 N–H and O–H groups in total. The molecule has 0 spiro atoms. The van der Waals surface area contributed by atoms with Crippen LogP contribution >= 0.6 is 0 Å². The van der Waals surface area contributed by atoms with Crippen LogP contribution in [0.3, 0.4) is 0 Å². The molecule has 2 aromatic carbocycles. The van der Waals surface area contributed by atoms with Crippen LogP contribution in [-0.2, 0) is 0 Å². The average Bonchev–Trinajstić information content (AvgIpc) is 2.56. The molecule has 22 heavy (non-hydrogen) atoms. The Labute approximate surface area is 125 Å². The lowest BCUT2D eigenvalue weighted by molar-refractivity contribution is -0.593. The monoisotopic (exact) mass is 288 g/mol. The summed E-state index contributed by atoms with van der Waals surface area (Å²) in [4.78, 5) is 4.09. The van der Waals surface area contributed by atoms with Crippen molar-refractivity contribution in [2.75, 3.05) is 0 Å². The maximum atomic E-state index is 12.3. The van der Waals surface area contributed by atoms with Gasteiger partial charge in [-0.05, 0) is 28.6 Å². The van der Waals surface area contributed by atoms with Crippen LogP contribution in [0.1, 0.15) is 0 Å². The maximum Gasteiger partial charge on any atom is 0.423 e. The molecule has 0 amide bonds. The van der Waals surface area contributed by atoms with Gasteiger partial charge in [0.15, 0.2) is 6.20 Å². The Morgan fingerprint density at radius 3 is 2.45 bits per heavy atom. The molecule has 105 valence electrons. The van der Waals surface area contributed by atoms with E-state index in [2.05, 4.69) is 11.3 Å². The minimum absolute atomic E-state index is 0.422. The van der Waals surface area contributed by atoms with Gasteiger partial charge in [-0.2, -0.15) is 4.73 Å². The third kappa shape index (κ3) is 1.76. The standard InChI is InChI=1S/C17H10N3O2/c21-19-10-9-12-5-1-2-6-13(12)17(19)16-14-7-3-4-8-15(14)20(22)11-18-16/h1-10H. The fourth-order valence-electron chi connectivity index (χ4n) is 2.67. The highest BCUT2D eigenvalue weighted by atomic mass is 16.5. The molecule has 0 aliphatic carbocycles. The van der Waals surface area contributed by atoms with Crippen molar-refractivity contribution in [2.24, 2.45) is 0 Å². The summed E-state index contributed by atoms with van der Waals surface area (Å²) in [6, 6.07) is 16.4. The van der Waals surface area contributed by atoms with Gasteiger partial charge in [-0.3, -0.25) is 0 Å². The molecule has 0 saturated heterocycles. The van der Waals surface area contributed by atoms with E-state index in [0.29, 0.717) is 27.0 Å². The van der Waals surface area contributed by atoms with Crippen LogP contribution in [-0.4, -0.2) is 4.98 Å². The number of aromatic nitrogens is 3. The van der Waals surface area contributed by atoms with E-state index < -0.39 is 0 Å². The molecule has 0 saturated carbocycles. The molecule has 0 bridgehead atoms. The Bertz CT molecular complexity index is 1010. The number of para-hydroxylation sites is 1.